The Balaban J connectivity index is 2.79. The van der Waals surface area contributed by atoms with Crippen LogP contribution in [0.5, 0.6) is 5.75 Å². The van der Waals surface area contributed by atoms with E-state index in [4.69, 9.17) is 9.84 Å². The number of aliphatic hydroxyl groups excluding tert-OH is 1. The lowest BCUT2D eigenvalue weighted by Crippen LogP contribution is -2.39. The lowest BCUT2D eigenvalue weighted by Gasteiger charge is -2.21. The quantitative estimate of drug-likeness (QED) is 0.830. The first-order valence-electron chi connectivity index (χ1n) is 6.24. The molecule has 0 aliphatic carbocycles. The predicted octanol–water partition coefficient (Wildman–Crippen LogP) is 1.97. The molecule has 0 radical (unpaired) electrons. The van der Waals surface area contributed by atoms with Gasteiger partial charge >= 0.3 is 0 Å². The van der Waals surface area contributed by atoms with E-state index >= 15 is 0 Å². The molecule has 1 atom stereocenters. The van der Waals surface area contributed by atoms with Gasteiger partial charge in [-0.2, -0.15) is 0 Å². The molecule has 1 aromatic carbocycles. The average Bonchev–Trinajstić information content (AvgIpc) is 2.37. The van der Waals surface area contributed by atoms with Crippen molar-refractivity contribution in [2.45, 2.75) is 26.3 Å². The van der Waals surface area contributed by atoms with Crippen molar-refractivity contribution >= 4 is 5.91 Å². The number of aliphatic hydroxyl groups is 1. The highest BCUT2D eigenvalue weighted by atomic mass is 19.1. The van der Waals surface area contributed by atoms with E-state index < -0.39 is 5.82 Å². The predicted molar refractivity (Wildman–Crippen MR) is 70.7 cm³/mol. The summed E-state index contributed by atoms with van der Waals surface area (Å²) in [6.45, 7) is 3.91. The van der Waals surface area contributed by atoms with Crippen LogP contribution in [0.4, 0.5) is 4.39 Å². The maximum atomic E-state index is 13.5. The second-order valence-corrected chi connectivity index (χ2v) is 4.69. The van der Waals surface area contributed by atoms with Crippen molar-refractivity contribution in [1.29, 1.82) is 0 Å². The summed E-state index contributed by atoms with van der Waals surface area (Å²) in [6.07, 6.45) is 0.474. The number of rotatable bonds is 6. The molecule has 1 rings (SSSR count). The first-order chi connectivity index (χ1) is 8.99. The largest absolute Gasteiger partial charge is 0.494 e. The maximum absolute atomic E-state index is 13.5. The maximum Gasteiger partial charge on any atom is 0.251 e. The van der Waals surface area contributed by atoms with Gasteiger partial charge in [0.25, 0.3) is 5.91 Å². The second-order valence-electron chi connectivity index (χ2n) is 4.69. The van der Waals surface area contributed by atoms with Gasteiger partial charge in [0.05, 0.1) is 7.11 Å². The Bertz CT molecular complexity index is 435. The molecular formula is C14H20FNO3. The van der Waals surface area contributed by atoms with Gasteiger partial charge in [-0.05, 0) is 30.5 Å². The van der Waals surface area contributed by atoms with E-state index in [1.807, 2.05) is 13.8 Å². The average molecular weight is 269 g/mol. The smallest absolute Gasteiger partial charge is 0.251 e. The van der Waals surface area contributed by atoms with Gasteiger partial charge in [0.2, 0.25) is 0 Å². The Morgan fingerprint density at radius 2 is 2.16 bits per heavy atom. The standard InChI is InChI=1S/C14H20FNO3/c1-9(2)12(6-7-17)16-14(18)10-4-5-13(19-3)11(15)8-10/h4-5,8-9,12,17H,6-7H2,1-3H3,(H,16,18). The zero-order valence-electron chi connectivity index (χ0n) is 11.4. The molecule has 1 aromatic rings. The summed E-state index contributed by atoms with van der Waals surface area (Å²) >= 11 is 0. The fraction of sp³-hybridized carbons (Fsp3) is 0.500. The summed E-state index contributed by atoms with van der Waals surface area (Å²) in [5.41, 5.74) is 0.238. The van der Waals surface area contributed by atoms with Gasteiger partial charge in [-0.1, -0.05) is 13.8 Å². The number of carbonyl (C=O) groups excluding carboxylic acids is 1. The summed E-state index contributed by atoms with van der Waals surface area (Å²) in [4.78, 5) is 12.0. The molecule has 0 fully saturated rings. The summed E-state index contributed by atoms with van der Waals surface area (Å²) in [5, 5.41) is 11.7. The third-order valence-corrected chi connectivity index (χ3v) is 2.98. The van der Waals surface area contributed by atoms with E-state index in [9.17, 15) is 9.18 Å². The monoisotopic (exact) mass is 269 g/mol. The minimum atomic E-state index is -0.571. The molecule has 2 N–H and O–H groups in total. The van der Waals surface area contributed by atoms with Crippen LogP contribution in [0.2, 0.25) is 0 Å². The molecule has 106 valence electrons. The number of amides is 1. The summed E-state index contributed by atoms with van der Waals surface area (Å²) in [5.74, 6) is -0.626. The minimum Gasteiger partial charge on any atom is -0.494 e. The SMILES string of the molecule is COc1ccc(C(=O)NC(CCO)C(C)C)cc1F. The van der Waals surface area contributed by atoms with Crippen molar-refractivity contribution in [3.63, 3.8) is 0 Å². The molecule has 0 aliphatic heterocycles. The van der Waals surface area contributed by atoms with Gasteiger partial charge in [-0.3, -0.25) is 4.79 Å². The Hall–Kier alpha value is -1.62. The van der Waals surface area contributed by atoms with E-state index in [1.54, 1.807) is 0 Å². The Labute approximate surface area is 112 Å². The van der Waals surface area contributed by atoms with Gasteiger partial charge in [0.15, 0.2) is 11.6 Å². The molecule has 4 nitrogen and oxygen atoms in total. The molecule has 5 heteroatoms. The van der Waals surface area contributed by atoms with Crippen LogP contribution >= 0.6 is 0 Å². The molecule has 0 spiro atoms. The molecule has 0 heterocycles. The molecule has 0 saturated carbocycles. The third-order valence-electron chi connectivity index (χ3n) is 2.98. The van der Waals surface area contributed by atoms with Crippen LogP contribution in [0.15, 0.2) is 18.2 Å². The van der Waals surface area contributed by atoms with Gasteiger partial charge < -0.3 is 15.2 Å². The highest BCUT2D eigenvalue weighted by Gasteiger charge is 2.17. The lowest BCUT2D eigenvalue weighted by atomic mass is 10.0. The normalized spacial score (nSPS) is 12.3. The summed E-state index contributed by atoms with van der Waals surface area (Å²) in [7, 11) is 1.37. The van der Waals surface area contributed by atoms with Gasteiger partial charge in [-0.15, -0.1) is 0 Å². The van der Waals surface area contributed by atoms with Crippen LogP contribution in [0.25, 0.3) is 0 Å². The third kappa shape index (κ3) is 4.21. The molecule has 0 saturated heterocycles. The highest BCUT2D eigenvalue weighted by molar-refractivity contribution is 5.94. The first kappa shape index (κ1) is 15.4. The Morgan fingerprint density at radius 3 is 2.63 bits per heavy atom. The van der Waals surface area contributed by atoms with Crippen molar-refractivity contribution in [2.24, 2.45) is 5.92 Å². The van der Waals surface area contributed by atoms with E-state index in [-0.39, 0.29) is 35.8 Å². The summed E-state index contributed by atoms with van der Waals surface area (Å²) < 4.78 is 18.3. The molecule has 0 aromatic heterocycles. The molecule has 0 aliphatic rings. The second kappa shape index (κ2) is 7.09. The van der Waals surface area contributed by atoms with E-state index in [1.165, 1.54) is 19.2 Å². The zero-order chi connectivity index (χ0) is 14.4. The number of ether oxygens (including phenoxy) is 1. The van der Waals surface area contributed by atoms with Crippen molar-refractivity contribution in [1.82, 2.24) is 5.32 Å². The van der Waals surface area contributed by atoms with Gasteiger partial charge in [-0.25, -0.2) is 4.39 Å². The lowest BCUT2D eigenvalue weighted by molar-refractivity contribution is 0.0916. The fourth-order valence-electron chi connectivity index (χ4n) is 1.77. The number of halogens is 1. The Kier molecular flexibility index (Phi) is 5.76. The van der Waals surface area contributed by atoms with Crippen molar-refractivity contribution in [3.8, 4) is 5.75 Å². The number of hydrogen-bond donors (Lipinski definition) is 2. The van der Waals surface area contributed by atoms with Crippen molar-refractivity contribution < 1.29 is 19.0 Å². The first-order valence-corrected chi connectivity index (χ1v) is 6.24. The molecule has 1 amide bonds. The van der Waals surface area contributed by atoms with Crippen LogP contribution in [0.3, 0.4) is 0 Å². The van der Waals surface area contributed by atoms with Gasteiger partial charge in [0.1, 0.15) is 0 Å². The molecule has 0 bridgehead atoms. The van der Waals surface area contributed by atoms with Crippen molar-refractivity contribution in [3.05, 3.63) is 29.6 Å². The summed E-state index contributed by atoms with van der Waals surface area (Å²) in [6, 6.07) is 3.93. The van der Waals surface area contributed by atoms with Crippen LogP contribution in [0.1, 0.15) is 30.6 Å². The number of methoxy groups -OCH3 is 1. The van der Waals surface area contributed by atoms with Crippen LogP contribution in [0, 0.1) is 11.7 Å². The number of nitrogens with one attached hydrogen (secondary N) is 1. The van der Waals surface area contributed by atoms with Crippen LogP contribution in [-0.2, 0) is 0 Å². The zero-order valence-corrected chi connectivity index (χ0v) is 11.4. The molecule has 1 unspecified atom stereocenters. The van der Waals surface area contributed by atoms with Gasteiger partial charge in [0, 0.05) is 18.2 Å². The number of carbonyl (C=O) groups is 1. The van der Waals surface area contributed by atoms with Crippen molar-refractivity contribution in [2.75, 3.05) is 13.7 Å². The number of hydrogen-bond acceptors (Lipinski definition) is 3. The van der Waals surface area contributed by atoms with E-state index in [0.717, 1.165) is 6.07 Å². The Morgan fingerprint density at radius 1 is 1.47 bits per heavy atom. The molecular weight excluding hydrogens is 249 g/mol. The van der Waals surface area contributed by atoms with Crippen LogP contribution < -0.4 is 10.1 Å². The van der Waals surface area contributed by atoms with E-state index in [0.29, 0.717) is 6.42 Å². The molecule has 19 heavy (non-hydrogen) atoms. The highest BCUT2D eigenvalue weighted by Crippen LogP contribution is 2.18. The van der Waals surface area contributed by atoms with Crippen LogP contribution in [-0.4, -0.2) is 30.8 Å². The fourth-order valence-corrected chi connectivity index (χ4v) is 1.77. The van der Waals surface area contributed by atoms with E-state index in [2.05, 4.69) is 5.32 Å². The topological polar surface area (TPSA) is 58.6 Å². The number of benzene rings is 1. The minimum absolute atomic E-state index is 0.0000995.